The molecule has 2 rings (SSSR count). The lowest BCUT2D eigenvalue weighted by Gasteiger charge is -2.08. The minimum Gasteiger partial charge on any atom is -0.443 e. The van der Waals surface area contributed by atoms with Gasteiger partial charge in [0.15, 0.2) is 0 Å². The van der Waals surface area contributed by atoms with Crippen LogP contribution in [0.5, 0.6) is 0 Å². The van der Waals surface area contributed by atoms with Crippen molar-refractivity contribution in [2.24, 2.45) is 5.73 Å². The number of ether oxygens (including phenoxy) is 1. The van der Waals surface area contributed by atoms with Crippen LogP contribution >= 0.6 is 27.3 Å². The van der Waals surface area contributed by atoms with Crippen molar-refractivity contribution in [2.75, 3.05) is 18.0 Å². The van der Waals surface area contributed by atoms with E-state index in [1.165, 1.54) is 11.3 Å². The van der Waals surface area contributed by atoms with Gasteiger partial charge in [-0.3, -0.25) is 4.90 Å². The maximum atomic E-state index is 11.4. The molecule has 1 atom stereocenters. The number of hydrogen-bond donors (Lipinski definition) is 1. The van der Waals surface area contributed by atoms with Gasteiger partial charge in [-0.25, -0.2) is 4.79 Å². The molecule has 0 aromatic carbocycles. The zero-order chi connectivity index (χ0) is 10.1. The number of rotatable bonds is 2. The number of nitrogens with two attached hydrogens (primary N) is 1. The number of nitrogens with zero attached hydrogens (tertiary/aromatic N) is 1. The molecular formula is C8H9BrN2O2S. The van der Waals surface area contributed by atoms with Gasteiger partial charge in [-0.2, -0.15) is 0 Å². The average Bonchev–Trinajstić information content (AvgIpc) is 2.71. The molecule has 1 fully saturated rings. The van der Waals surface area contributed by atoms with E-state index in [9.17, 15) is 4.79 Å². The predicted octanol–water partition coefficient (Wildman–Crippen LogP) is 1.79. The monoisotopic (exact) mass is 276 g/mol. The lowest BCUT2D eigenvalue weighted by molar-refractivity contribution is 0.145. The summed E-state index contributed by atoms with van der Waals surface area (Å²) in [4.78, 5) is 13.0. The summed E-state index contributed by atoms with van der Waals surface area (Å²) in [6.45, 7) is 0.914. The van der Waals surface area contributed by atoms with E-state index in [-0.39, 0.29) is 12.2 Å². The molecule has 1 aromatic heterocycles. The number of carbonyl (C=O) groups excluding carboxylic acids is 1. The number of anilines is 1. The number of carbonyl (C=O) groups is 1. The van der Waals surface area contributed by atoms with Crippen LogP contribution in [0.2, 0.25) is 0 Å². The molecule has 1 saturated heterocycles. The standard InChI is InChI=1S/C8H9BrN2O2S/c9-6-1-2-7(14-6)11-4-5(3-10)13-8(11)12/h1-2,5H,3-4,10H2. The summed E-state index contributed by atoms with van der Waals surface area (Å²) in [5.74, 6) is 0. The van der Waals surface area contributed by atoms with Crippen LogP contribution in [0.15, 0.2) is 15.9 Å². The number of amides is 1. The highest BCUT2D eigenvalue weighted by Gasteiger charge is 2.32. The summed E-state index contributed by atoms with van der Waals surface area (Å²) in [7, 11) is 0. The van der Waals surface area contributed by atoms with E-state index in [0.717, 1.165) is 8.79 Å². The third-order valence-electron chi connectivity index (χ3n) is 1.96. The molecule has 0 spiro atoms. The van der Waals surface area contributed by atoms with Gasteiger partial charge in [-0.1, -0.05) is 0 Å². The second-order valence-electron chi connectivity index (χ2n) is 2.93. The van der Waals surface area contributed by atoms with Crippen molar-refractivity contribution in [1.82, 2.24) is 0 Å². The first kappa shape index (κ1) is 9.95. The van der Waals surface area contributed by atoms with Gasteiger partial charge in [-0.05, 0) is 28.1 Å². The molecule has 1 amide bonds. The maximum absolute atomic E-state index is 11.4. The molecule has 76 valence electrons. The van der Waals surface area contributed by atoms with Crippen molar-refractivity contribution < 1.29 is 9.53 Å². The molecule has 0 aliphatic carbocycles. The molecule has 1 unspecified atom stereocenters. The Hall–Kier alpha value is -0.590. The first-order valence-electron chi connectivity index (χ1n) is 4.14. The summed E-state index contributed by atoms with van der Waals surface area (Å²) in [5.41, 5.74) is 5.43. The second-order valence-corrected chi connectivity index (χ2v) is 5.37. The molecule has 1 aromatic rings. The average molecular weight is 277 g/mol. The summed E-state index contributed by atoms with van der Waals surface area (Å²) >= 11 is 4.85. The van der Waals surface area contributed by atoms with Gasteiger partial charge in [0.25, 0.3) is 0 Å². The highest BCUT2D eigenvalue weighted by atomic mass is 79.9. The molecule has 1 aliphatic heterocycles. The highest BCUT2D eigenvalue weighted by molar-refractivity contribution is 9.11. The molecule has 2 N–H and O–H groups in total. The molecule has 14 heavy (non-hydrogen) atoms. The van der Waals surface area contributed by atoms with Gasteiger partial charge in [0, 0.05) is 6.54 Å². The third-order valence-corrected chi connectivity index (χ3v) is 3.61. The van der Waals surface area contributed by atoms with Crippen LogP contribution in [0.25, 0.3) is 0 Å². The summed E-state index contributed by atoms with van der Waals surface area (Å²) in [5, 5.41) is 0.887. The molecule has 2 heterocycles. The van der Waals surface area contributed by atoms with Gasteiger partial charge >= 0.3 is 6.09 Å². The van der Waals surface area contributed by atoms with Crippen LogP contribution in [0.4, 0.5) is 9.80 Å². The molecule has 4 nitrogen and oxygen atoms in total. The quantitative estimate of drug-likeness (QED) is 0.896. The van der Waals surface area contributed by atoms with Crippen molar-refractivity contribution in [3.05, 3.63) is 15.9 Å². The van der Waals surface area contributed by atoms with Crippen molar-refractivity contribution in [2.45, 2.75) is 6.10 Å². The molecular weight excluding hydrogens is 268 g/mol. The van der Waals surface area contributed by atoms with Crippen molar-refractivity contribution >= 4 is 38.4 Å². The predicted molar refractivity (Wildman–Crippen MR) is 58.7 cm³/mol. The molecule has 1 aliphatic rings. The number of thiophene rings is 1. The van der Waals surface area contributed by atoms with Gasteiger partial charge in [-0.15, -0.1) is 11.3 Å². The van der Waals surface area contributed by atoms with Gasteiger partial charge < -0.3 is 10.5 Å². The summed E-state index contributed by atoms with van der Waals surface area (Å²) < 4.78 is 6.04. The van der Waals surface area contributed by atoms with Gasteiger partial charge in [0.05, 0.1) is 10.3 Å². The minimum atomic E-state index is -0.310. The van der Waals surface area contributed by atoms with Gasteiger partial charge in [0.1, 0.15) is 11.1 Å². The number of halogens is 1. The molecule has 0 bridgehead atoms. The van der Waals surface area contributed by atoms with Crippen molar-refractivity contribution in [3.8, 4) is 0 Å². The van der Waals surface area contributed by atoms with Crippen LogP contribution in [-0.2, 0) is 4.74 Å². The lowest BCUT2D eigenvalue weighted by atomic mass is 10.3. The van der Waals surface area contributed by atoms with Crippen LogP contribution in [0, 0.1) is 0 Å². The van der Waals surface area contributed by atoms with Crippen LogP contribution in [0.1, 0.15) is 0 Å². The van der Waals surface area contributed by atoms with Crippen molar-refractivity contribution in [3.63, 3.8) is 0 Å². The van der Waals surface area contributed by atoms with Crippen LogP contribution < -0.4 is 10.6 Å². The van der Waals surface area contributed by atoms with E-state index < -0.39 is 0 Å². The smallest absolute Gasteiger partial charge is 0.415 e. The first-order valence-corrected chi connectivity index (χ1v) is 5.75. The van der Waals surface area contributed by atoms with E-state index in [4.69, 9.17) is 10.5 Å². The zero-order valence-corrected chi connectivity index (χ0v) is 9.68. The second kappa shape index (κ2) is 3.88. The molecule has 0 saturated carbocycles. The summed E-state index contributed by atoms with van der Waals surface area (Å²) in [6.07, 6.45) is -0.488. The maximum Gasteiger partial charge on any atom is 0.415 e. The number of cyclic esters (lactones) is 1. The van der Waals surface area contributed by atoms with E-state index >= 15 is 0 Å². The molecule has 6 heteroatoms. The van der Waals surface area contributed by atoms with Crippen LogP contribution in [-0.4, -0.2) is 25.3 Å². The Morgan fingerprint density at radius 3 is 3.00 bits per heavy atom. The number of hydrogen-bond acceptors (Lipinski definition) is 4. The first-order chi connectivity index (χ1) is 6.70. The SMILES string of the molecule is NCC1CN(c2ccc(Br)s2)C(=O)O1. The van der Waals surface area contributed by atoms with Crippen molar-refractivity contribution in [1.29, 1.82) is 0 Å². The van der Waals surface area contributed by atoms with Gasteiger partial charge in [0.2, 0.25) is 0 Å². The van der Waals surface area contributed by atoms with E-state index in [0.29, 0.717) is 13.1 Å². The normalized spacial score (nSPS) is 21.4. The topological polar surface area (TPSA) is 55.6 Å². The Bertz CT molecular complexity index is 355. The largest absolute Gasteiger partial charge is 0.443 e. The van der Waals surface area contributed by atoms with E-state index in [1.54, 1.807) is 4.90 Å². The highest BCUT2D eigenvalue weighted by Crippen LogP contribution is 2.32. The third kappa shape index (κ3) is 1.77. The lowest BCUT2D eigenvalue weighted by Crippen LogP contribution is -2.26. The van der Waals surface area contributed by atoms with Crippen LogP contribution in [0.3, 0.4) is 0 Å². The molecule has 0 radical (unpaired) electrons. The van der Waals surface area contributed by atoms with E-state index in [2.05, 4.69) is 15.9 Å². The Morgan fingerprint density at radius 1 is 1.71 bits per heavy atom. The Kier molecular flexibility index (Phi) is 2.76. The van der Waals surface area contributed by atoms with E-state index in [1.807, 2.05) is 12.1 Å². The Morgan fingerprint density at radius 2 is 2.50 bits per heavy atom. The fourth-order valence-corrected chi connectivity index (χ4v) is 2.63. The Labute approximate surface area is 93.8 Å². The minimum absolute atomic E-state index is 0.177. The zero-order valence-electron chi connectivity index (χ0n) is 7.27. The fourth-order valence-electron chi connectivity index (χ4n) is 1.27. The summed E-state index contributed by atoms with van der Waals surface area (Å²) in [6, 6.07) is 3.79. The Balaban J connectivity index is 2.16. The fraction of sp³-hybridized carbons (Fsp3) is 0.375.